The second kappa shape index (κ2) is 4.35. The molecule has 0 spiro atoms. The lowest BCUT2D eigenvalue weighted by Crippen LogP contribution is -1.98. The van der Waals surface area contributed by atoms with E-state index in [0.717, 1.165) is 5.56 Å². The van der Waals surface area contributed by atoms with E-state index >= 15 is 0 Å². The molecule has 62 valence electrons. The Hall–Kier alpha value is -0.710. The van der Waals surface area contributed by atoms with Crippen LogP contribution in [0.5, 0.6) is 0 Å². The molecule has 3 heteroatoms. The van der Waals surface area contributed by atoms with Crippen LogP contribution in [0.2, 0.25) is 5.02 Å². The normalized spacial score (nSPS) is 12.1. The Kier molecular flexibility index (Phi) is 3.40. The number of halogens is 2. The zero-order chi connectivity index (χ0) is 8.97. The maximum atomic E-state index is 8.45. The molecule has 0 aliphatic carbocycles. The van der Waals surface area contributed by atoms with E-state index in [4.69, 9.17) is 28.5 Å². The predicted molar refractivity (Wildman–Crippen MR) is 50.4 cm³/mol. The summed E-state index contributed by atoms with van der Waals surface area (Å²) in [7, 11) is 0. The third kappa shape index (κ3) is 2.73. The van der Waals surface area contributed by atoms with Crippen LogP contribution in [0.25, 0.3) is 0 Å². The zero-order valence-electron chi connectivity index (χ0n) is 6.30. The lowest BCUT2D eigenvalue weighted by molar-refractivity contribution is 1.02. The van der Waals surface area contributed by atoms with Crippen LogP contribution in [-0.2, 0) is 6.42 Å². The van der Waals surface area contributed by atoms with Crippen molar-refractivity contribution in [3.63, 3.8) is 0 Å². The average molecular weight is 200 g/mol. The maximum absolute atomic E-state index is 8.45. The van der Waals surface area contributed by atoms with Gasteiger partial charge in [-0.15, -0.1) is 11.6 Å². The number of alkyl halides is 1. The first-order valence-corrected chi connectivity index (χ1v) is 4.32. The van der Waals surface area contributed by atoms with Gasteiger partial charge in [-0.1, -0.05) is 23.7 Å². The summed E-state index contributed by atoms with van der Waals surface area (Å²) in [6, 6.07) is 9.31. The minimum absolute atomic E-state index is 0.469. The van der Waals surface area contributed by atoms with Gasteiger partial charge in [-0.05, 0) is 17.7 Å². The molecule has 1 aromatic rings. The molecule has 1 atom stereocenters. The number of rotatable bonds is 2. The Morgan fingerprint density at radius 3 is 2.83 bits per heavy atom. The van der Waals surface area contributed by atoms with Crippen molar-refractivity contribution in [1.82, 2.24) is 0 Å². The van der Waals surface area contributed by atoms with Crippen LogP contribution in [0.4, 0.5) is 0 Å². The van der Waals surface area contributed by atoms with E-state index in [1.807, 2.05) is 24.3 Å². The molecule has 0 saturated heterocycles. The van der Waals surface area contributed by atoms with Crippen molar-refractivity contribution in [1.29, 1.82) is 5.26 Å². The molecule has 1 unspecified atom stereocenters. The average Bonchev–Trinajstić information content (AvgIpc) is 2.04. The van der Waals surface area contributed by atoms with Crippen molar-refractivity contribution >= 4 is 23.2 Å². The minimum atomic E-state index is -0.469. The lowest BCUT2D eigenvalue weighted by Gasteiger charge is -2.00. The molecule has 1 aromatic carbocycles. The highest BCUT2D eigenvalue weighted by atomic mass is 35.5. The third-order valence-electron chi connectivity index (χ3n) is 1.44. The van der Waals surface area contributed by atoms with E-state index in [1.54, 1.807) is 6.07 Å². The Morgan fingerprint density at radius 2 is 2.25 bits per heavy atom. The third-order valence-corrected chi connectivity index (χ3v) is 1.93. The fourth-order valence-electron chi connectivity index (χ4n) is 0.917. The quantitative estimate of drug-likeness (QED) is 0.673. The molecule has 0 heterocycles. The number of hydrogen-bond donors (Lipinski definition) is 0. The smallest absolute Gasteiger partial charge is 0.124 e. The molecule has 1 nitrogen and oxygen atoms in total. The van der Waals surface area contributed by atoms with Crippen LogP contribution >= 0.6 is 23.2 Å². The van der Waals surface area contributed by atoms with Gasteiger partial charge in [-0.2, -0.15) is 5.26 Å². The highest BCUT2D eigenvalue weighted by Crippen LogP contribution is 2.13. The Balaban J connectivity index is 2.71. The topological polar surface area (TPSA) is 23.8 Å². The number of hydrogen-bond acceptors (Lipinski definition) is 1. The van der Waals surface area contributed by atoms with Gasteiger partial charge in [-0.3, -0.25) is 0 Å². The Labute approximate surface area is 81.5 Å². The predicted octanol–water partition coefficient (Wildman–Crippen LogP) is 3.01. The minimum Gasteiger partial charge on any atom is -0.197 e. The molecule has 0 aliphatic heterocycles. The van der Waals surface area contributed by atoms with Gasteiger partial charge in [0.2, 0.25) is 0 Å². The maximum Gasteiger partial charge on any atom is 0.124 e. The molecular formula is C9H7Cl2N. The van der Waals surface area contributed by atoms with E-state index < -0.39 is 5.38 Å². The number of benzene rings is 1. The second-order valence-corrected chi connectivity index (χ2v) is 3.39. The largest absolute Gasteiger partial charge is 0.197 e. The van der Waals surface area contributed by atoms with Crippen LogP contribution in [-0.4, -0.2) is 5.38 Å². The number of nitriles is 1. The summed E-state index contributed by atoms with van der Waals surface area (Å²) in [6.07, 6.45) is 0.540. The van der Waals surface area contributed by atoms with E-state index in [0.29, 0.717) is 11.4 Å². The van der Waals surface area contributed by atoms with Crippen molar-refractivity contribution in [2.45, 2.75) is 11.8 Å². The van der Waals surface area contributed by atoms with E-state index in [1.165, 1.54) is 0 Å². The molecule has 0 bridgehead atoms. The first kappa shape index (κ1) is 9.38. The van der Waals surface area contributed by atoms with Crippen molar-refractivity contribution < 1.29 is 0 Å². The standard InChI is InChI=1S/C9H7Cl2N/c10-8-3-1-2-7(4-8)5-9(11)6-12/h1-4,9H,5H2. The summed E-state index contributed by atoms with van der Waals surface area (Å²) in [4.78, 5) is 0. The van der Waals surface area contributed by atoms with Gasteiger partial charge >= 0.3 is 0 Å². The van der Waals surface area contributed by atoms with Crippen LogP contribution in [0, 0.1) is 11.3 Å². The molecule has 0 amide bonds. The highest BCUT2D eigenvalue weighted by Gasteiger charge is 2.03. The molecular weight excluding hydrogens is 193 g/mol. The molecule has 0 saturated carbocycles. The van der Waals surface area contributed by atoms with Gasteiger partial charge < -0.3 is 0 Å². The van der Waals surface area contributed by atoms with Gasteiger partial charge in [0.1, 0.15) is 5.38 Å². The number of nitrogens with zero attached hydrogens (tertiary/aromatic N) is 1. The van der Waals surface area contributed by atoms with Crippen molar-refractivity contribution in [2.24, 2.45) is 0 Å². The monoisotopic (exact) mass is 199 g/mol. The second-order valence-electron chi connectivity index (χ2n) is 2.43. The Bertz CT molecular complexity index is 304. The van der Waals surface area contributed by atoms with E-state index in [2.05, 4.69) is 0 Å². The highest BCUT2D eigenvalue weighted by molar-refractivity contribution is 6.30. The van der Waals surface area contributed by atoms with Crippen LogP contribution in [0.1, 0.15) is 5.56 Å². The lowest BCUT2D eigenvalue weighted by atomic mass is 10.1. The molecule has 0 aromatic heterocycles. The van der Waals surface area contributed by atoms with Gasteiger partial charge in [0.15, 0.2) is 0 Å². The van der Waals surface area contributed by atoms with Gasteiger partial charge in [0, 0.05) is 11.4 Å². The Morgan fingerprint density at radius 1 is 1.50 bits per heavy atom. The molecule has 0 radical (unpaired) electrons. The van der Waals surface area contributed by atoms with Crippen molar-refractivity contribution in [3.8, 4) is 6.07 Å². The summed E-state index contributed by atoms with van der Waals surface area (Å²) in [5, 5.41) is 8.66. The van der Waals surface area contributed by atoms with Crippen molar-refractivity contribution in [3.05, 3.63) is 34.9 Å². The van der Waals surface area contributed by atoms with Crippen LogP contribution in [0.15, 0.2) is 24.3 Å². The fraction of sp³-hybridized carbons (Fsp3) is 0.222. The first-order valence-electron chi connectivity index (χ1n) is 3.50. The molecule has 0 fully saturated rings. The molecule has 0 N–H and O–H groups in total. The molecule has 0 aliphatic rings. The summed E-state index contributed by atoms with van der Waals surface area (Å²) in [5.41, 5.74) is 0.990. The van der Waals surface area contributed by atoms with Crippen LogP contribution < -0.4 is 0 Å². The van der Waals surface area contributed by atoms with Crippen LogP contribution in [0.3, 0.4) is 0 Å². The fourth-order valence-corrected chi connectivity index (χ4v) is 1.31. The summed E-state index contributed by atoms with van der Waals surface area (Å²) in [5.74, 6) is 0. The molecule has 12 heavy (non-hydrogen) atoms. The summed E-state index contributed by atoms with van der Waals surface area (Å²) in [6.45, 7) is 0. The SMILES string of the molecule is N#CC(Cl)Cc1cccc(Cl)c1. The van der Waals surface area contributed by atoms with Gasteiger partial charge in [0.25, 0.3) is 0 Å². The molecule has 1 rings (SSSR count). The van der Waals surface area contributed by atoms with Gasteiger partial charge in [0.05, 0.1) is 6.07 Å². The van der Waals surface area contributed by atoms with E-state index in [9.17, 15) is 0 Å². The summed E-state index contributed by atoms with van der Waals surface area (Å²) < 4.78 is 0. The van der Waals surface area contributed by atoms with Crippen molar-refractivity contribution in [2.75, 3.05) is 0 Å². The zero-order valence-corrected chi connectivity index (χ0v) is 7.81. The van der Waals surface area contributed by atoms with E-state index in [-0.39, 0.29) is 0 Å². The summed E-state index contributed by atoms with van der Waals surface area (Å²) >= 11 is 11.4. The first-order chi connectivity index (χ1) is 5.72. The van der Waals surface area contributed by atoms with Gasteiger partial charge in [-0.25, -0.2) is 0 Å².